The highest BCUT2D eigenvalue weighted by molar-refractivity contribution is 5.65. The highest BCUT2D eigenvalue weighted by Gasteiger charge is 2.32. The van der Waals surface area contributed by atoms with Gasteiger partial charge < -0.3 is 19.7 Å². The molecule has 0 amide bonds. The maximum absolute atomic E-state index is 5.48. The summed E-state index contributed by atoms with van der Waals surface area (Å²) in [5, 5.41) is 7.92. The Morgan fingerprint density at radius 2 is 1.84 bits per heavy atom. The number of aromatic nitrogens is 3. The maximum atomic E-state index is 5.48. The summed E-state index contributed by atoms with van der Waals surface area (Å²) in [6, 6.07) is 14.9. The van der Waals surface area contributed by atoms with Crippen molar-refractivity contribution in [2.24, 2.45) is 0 Å². The van der Waals surface area contributed by atoms with E-state index in [1.165, 1.54) is 11.3 Å². The third-order valence-corrected chi connectivity index (χ3v) is 5.94. The zero-order valence-electron chi connectivity index (χ0n) is 18.0. The summed E-state index contributed by atoms with van der Waals surface area (Å²) in [5.74, 6) is 1.39. The van der Waals surface area contributed by atoms with E-state index in [4.69, 9.17) is 9.47 Å². The minimum absolute atomic E-state index is 0. The van der Waals surface area contributed by atoms with E-state index in [0.717, 1.165) is 56.5 Å². The topological polar surface area (TPSA) is 67.7 Å². The van der Waals surface area contributed by atoms with Crippen molar-refractivity contribution < 1.29 is 10.9 Å². The molecular formula is C23H30N6O2. The molecule has 0 atom stereocenters. The van der Waals surface area contributed by atoms with Crippen LogP contribution in [0.1, 0.15) is 6.99 Å². The highest BCUT2D eigenvalue weighted by atomic mass is 16.5. The molecule has 2 aliphatic rings. The average Bonchev–Trinajstić information content (AvgIpc) is 3.21. The third kappa shape index (κ3) is 4.35. The van der Waals surface area contributed by atoms with Gasteiger partial charge in [0, 0.05) is 45.0 Å². The summed E-state index contributed by atoms with van der Waals surface area (Å²) >= 11 is 0. The summed E-state index contributed by atoms with van der Waals surface area (Å²) in [6.07, 6.45) is 1.71. The quantitative estimate of drug-likeness (QED) is 0.655. The van der Waals surface area contributed by atoms with E-state index >= 15 is 0 Å². The molecule has 0 unspecified atom stereocenters. The van der Waals surface area contributed by atoms with Crippen LogP contribution in [0.15, 0.2) is 48.8 Å². The number of aryl methyl sites for hydroxylation is 1. The standard InChI is InChI=1S/C23H28N6O2.H2/c1-17-11-18(13-20(12-17)28-14-21(15-28)27-7-9-31-10-8-27)25-23-24-16-29(26-23)19-3-5-22(30-2)6-4-19;/h3-6,11-13,16,21H,7-10,14-15H2,1-2H3,(H,25,26);1H. The largest absolute Gasteiger partial charge is 0.497 e. The number of hydrogen-bond donors (Lipinski definition) is 1. The van der Waals surface area contributed by atoms with Gasteiger partial charge in [-0.1, -0.05) is 0 Å². The molecule has 0 radical (unpaired) electrons. The van der Waals surface area contributed by atoms with Crippen LogP contribution in [-0.2, 0) is 4.74 Å². The Morgan fingerprint density at radius 1 is 1.06 bits per heavy atom. The highest BCUT2D eigenvalue weighted by Crippen LogP contribution is 2.29. The molecule has 1 aromatic heterocycles. The second kappa shape index (κ2) is 8.56. The van der Waals surface area contributed by atoms with Crippen LogP contribution in [0.3, 0.4) is 0 Å². The Bertz CT molecular complexity index is 1030. The zero-order chi connectivity index (χ0) is 21.2. The lowest BCUT2D eigenvalue weighted by molar-refractivity contribution is 0.0105. The molecule has 1 N–H and O–H groups in total. The van der Waals surface area contributed by atoms with E-state index in [1.54, 1.807) is 18.1 Å². The SMILES string of the molecule is COc1ccc(-n2cnc(Nc3cc(C)cc(N4CC(N5CCOCC5)C4)c3)n2)cc1.[HH]. The van der Waals surface area contributed by atoms with Gasteiger partial charge in [0.15, 0.2) is 0 Å². The van der Waals surface area contributed by atoms with Crippen LogP contribution >= 0.6 is 0 Å². The van der Waals surface area contributed by atoms with E-state index < -0.39 is 0 Å². The molecule has 31 heavy (non-hydrogen) atoms. The molecule has 8 nitrogen and oxygen atoms in total. The van der Waals surface area contributed by atoms with E-state index in [2.05, 4.69) is 50.3 Å². The monoisotopic (exact) mass is 422 g/mol. The Kier molecular flexibility index (Phi) is 5.48. The molecule has 0 bridgehead atoms. The van der Waals surface area contributed by atoms with Crippen LogP contribution in [0.4, 0.5) is 17.3 Å². The number of benzene rings is 2. The summed E-state index contributed by atoms with van der Waals surface area (Å²) in [7, 11) is 1.66. The zero-order valence-corrected chi connectivity index (χ0v) is 18.0. The van der Waals surface area contributed by atoms with E-state index in [1.807, 2.05) is 24.3 Å². The fourth-order valence-electron chi connectivity index (χ4n) is 4.17. The fourth-order valence-corrected chi connectivity index (χ4v) is 4.17. The average molecular weight is 423 g/mol. The molecule has 0 aliphatic carbocycles. The Morgan fingerprint density at radius 3 is 2.58 bits per heavy atom. The molecule has 164 valence electrons. The van der Waals surface area contributed by atoms with Gasteiger partial charge in [0.25, 0.3) is 0 Å². The first-order valence-corrected chi connectivity index (χ1v) is 10.7. The minimum Gasteiger partial charge on any atom is -0.497 e. The van der Waals surface area contributed by atoms with Crippen molar-refractivity contribution in [3.8, 4) is 11.4 Å². The van der Waals surface area contributed by atoms with Gasteiger partial charge in [-0.25, -0.2) is 4.68 Å². The number of hydrogen-bond acceptors (Lipinski definition) is 7. The summed E-state index contributed by atoms with van der Waals surface area (Å²) in [5.41, 5.74) is 4.38. The van der Waals surface area contributed by atoms with Crippen molar-refractivity contribution in [3.05, 3.63) is 54.4 Å². The summed E-state index contributed by atoms with van der Waals surface area (Å²) in [4.78, 5) is 9.40. The predicted octanol–water partition coefficient (Wildman–Crippen LogP) is 3.09. The van der Waals surface area contributed by atoms with Crippen LogP contribution < -0.4 is 15.0 Å². The molecular weight excluding hydrogens is 392 g/mol. The van der Waals surface area contributed by atoms with Crippen LogP contribution in [0.5, 0.6) is 5.75 Å². The molecule has 3 aromatic rings. The maximum Gasteiger partial charge on any atom is 0.246 e. The van der Waals surface area contributed by atoms with Crippen LogP contribution in [0, 0.1) is 6.92 Å². The number of rotatable bonds is 6. The van der Waals surface area contributed by atoms with E-state index in [9.17, 15) is 0 Å². The number of methoxy groups -OCH3 is 1. The van der Waals surface area contributed by atoms with Crippen molar-refractivity contribution >= 4 is 17.3 Å². The van der Waals surface area contributed by atoms with Crippen LogP contribution in [-0.4, -0.2) is 72.2 Å². The van der Waals surface area contributed by atoms with Gasteiger partial charge in [0.1, 0.15) is 12.1 Å². The van der Waals surface area contributed by atoms with Gasteiger partial charge >= 0.3 is 0 Å². The van der Waals surface area contributed by atoms with Crippen molar-refractivity contribution in [2.45, 2.75) is 13.0 Å². The fraction of sp³-hybridized carbons (Fsp3) is 0.391. The number of nitrogens with zero attached hydrogens (tertiary/aromatic N) is 5. The molecule has 2 fully saturated rings. The number of ether oxygens (including phenoxy) is 2. The van der Waals surface area contributed by atoms with E-state index in [0.29, 0.717) is 12.0 Å². The van der Waals surface area contributed by atoms with Gasteiger partial charge in [-0.15, -0.1) is 5.10 Å². The normalized spacial score (nSPS) is 17.4. The molecule has 2 aliphatic heterocycles. The summed E-state index contributed by atoms with van der Waals surface area (Å²) in [6.45, 7) is 8.04. The second-order valence-electron chi connectivity index (χ2n) is 8.10. The van der Waals surface area contributed by atoms with Crippen molar-refractivity contribution in [2.75, 3.05) is 56.7 Å². The lowest BCUT2D eigenvalue weighted by atomic mass is 10.0. The first-order valence-electron chi connectivity index (χ1n) is 10.7. The number of morpholine rings is 1. The van der Waals surface area contributed by atoms with E-state index in [-0.39, 0.29) is 1.43 Å². The van der Waals surface area contributed by atoms with Crippen molar-refractivity contribution in [1.29, 1.82) is 0 Å². The predicted molar refractivity (Wildman–Crippen MR) is 123 cm³/mol. The lowest BCUT2D eigenvalue weighted by Gasteiger charge is -2.47. The molecule has 5 rings (SSSR count). The van der Waals surface area contributed by atoms with Crippen LogP contribution in [0.2, 0.25) is 0 Å². The first kappa shape index (κ1) is 19.8. The van der Waals surface area contributed by atoms with Gasteiger partial charge in [-0.05, 0) is 55.0 Å². The van der Waals surface area contributed by atoms with Crippen molar-refractivity contribution in [1.82, 2.24) is 19.7 Å². The number of nitrogens with one attached hydrogen (secondary N) is 1. The van der Waals surface area contributed by atoms with Gasteiger partial charge in [-0.2, -0.15) is 4.98 Å². The van der Waals surface area contributed by atoms with Gasteiger partial charge in [0.2, 0.25) is 5.95 Å². The smallest absolute Gasteiger partial charge is 0.246 e. The van der Waals surface area contributed by atoms with Crippen LogP contribution in [0.25, 0.3) is 5.69 Å². The molecule has 2 aromatic carbocycles. The Hall–Kier alpha value is -3.10. The molecule has 2 saturated heterocycles. The second-order valence-corrected chi connectivity index (χ2v) is 8.10. The molecule has 8 heteroatoms. The Balaban J connectivity index is 0.00000245. The Labute approximate surface area is 183 Å². The molecule has 3 heterocycles. The third-order valence-electron chi connectivity index (χ3n) is 5.94. The van der Waals surface area contributed by atoms with Crippen molar-refractivity contribution in [3.63, 3.8) is 0 Å². The molecule has 0 saturated carbocycles. The lowest BCUT2D eigenvalue weighted by Crippen LogP contribution is -2.61. The minimum atomic E-state index is 0. The number of anilines is 3. The van der Waals surface area contributed by atoms with Gasteiger partial charge in [0.05, 0.1) is 26.0 Å². The first-order chi connectivity index (χ1) is 15.2. The van der Waals surface area contributed by atoms with Gasteiger partial charge in [-0.3, -0.25) is 4.90 Å². The molecule has 0 spiro atoms. The summed E-state index contributed by atoms with van der Waals surface area (Å²) < 4.78 is 12.4.